The first-order chi connectivity index (χ1) is 7.34. The van der Waals surface area contributed by atoms with Gasteiger partial charge in [-0.15, -0.1) is 0 Å². The molecule has 0 atom stereocenters. The standard InChI is InChI=1S/C12H13N3/c13-10-4-3-9-2-1-6-15-7-5-14-12(15)11(9)8-10/h3-5,7-8H,1-2,6,13H2. The molecule has 0 saturated carbocycles. The summed E-state index contributed by atoms with van der Waals surface area (Å²) in [6.07, 6.45) is 6.17. The first-order valence-corrected chi connectivity index (χ1v) is 5.24. The number of nitrogens with two attached hydrogens (primary N) is 1. The van der Waals surface area contributed by atoms with Crippen molar-refractivity contribution in [2.24, 2.45) is 0 Å². The Bertz CT molecular complexity index is 499. The largest absolute Gasteiger partial charge is 0.399 e. The highest BCUT2D eigenvalue weighted by molar-refractivity contribution is 5.66. The number of aryl methyl sites for hydroxylation is 2. The number of nitrogen functional groups attached to an aromatic ring is 1. The molecule has 2 heterocycles. The van der Waals surface area contributed by atoms with Crippen LogP contribution in [0.1, 0.15) is 12.0 Å². The van der Waals surface area contributed by atoms with Gasteiger partial charge in [0.25, 0.3) is 0 Å². The lowest BCUT2D eigenvalue weighted by Gasteiger charge is -2.06. The van der Waals surface area contributed by atoms with Crippen LogP contribution in [0, 0.1) is 0 Å². The molecule has 0 amide bonds. The van der Waals surface area contributed by atoms with Gasteiger partial charge in [-0.25, -0.2) is 4.98 Å². The minimum Gasteiger partial charge on any atom is -0.399 e. The van der Waals surface area contributed by atoms with Gasteiger partial charge in [0, 0.05) is 30.2 Å². The highest BCUT2D eigenvalue weighted by atomic mass is 15.1. The normalized spacial score (nSPS) is 14.1. The molecule has 76 valence electrons. The zero-order valence-corrected chi connectivity index (χ0v) is 8.48. The van der Waals surface area contributed by atoms with Crippen LogP contribution in [-0.4, -0.2) is 9.55 Å². The number of aromatic nitrogens is 2. The quantitative estimate of drug-likeness (QED) is 0.660. The van der Waals surface area contributed by atoms with E-state index in [1.165, 1.54) is 17.5 Å². The molecule has 0 bridgehead atoms. The molecule has 0 aliphatic carbocycles. The number of rotatable bonds is 0. The van der Waals surface area contributed by atoms with Crippen LogP contribution in [0.25, 0.3) is 11.4 Å². The molecule has 1 aliphatic heterocycles. The number of imidazole rings is 1. The van der Waals surface area contributed by atoms with Gasteiger partial charge >= 0.3 is 0 Å². The lowest BCUT2D eigenvalue weighted by molar-refractivity contribution is 0.661. The van der Waals surface area contributed by atoms with Crippen LogP contribution in [0.15, 0.2) is 30.6 Å². The molecule has 3 nitrogen and oxygen atoms in total. The Kier molecular flexibility index (Phi) is 1.78. The van der Waals surface area contributed by atoms with Crippen LogP contribution in [0.3, 0.4) is 0 Å². The van der Waals surface area contributed by atoms with E-state index < -0.39 is 0 Å². The number of anilines is 1. The highest BCUT2D eigenvalue weighted by Gasteiger charge is 2.14. The van der Waals surface area contributed by atoms with Crippen molar-refractivity contribution in [2.75, 3.05) is 5.73 Å². The van der Waals surface area contributed by atoms with E-state index in [4.69, 9.17) is 5.73 Å². The Morgan fingerprint density at radius 2 is 2.27 bits per heavy atom. The van der Waals surface area contributed by atoms with Gasteiger partial charge in [0.15, 0.2) is 0 Å². The average Bonchev–Trinajstić information content (AvgIpc) is 2.62. The molecule has 1 aromatic carbocycles. The van der Waals surface area contributed by atoms with Crippen molar-refractivity contribution < 1.29 is 0 Å². The molecule has 3 rings (SSSR count). The van der Waals surface area contributed by atoms with E-state index in [0.29, 0.717) is 0 Å². The van der Waals surface area contributed by atoms with E-state index in [2.05, 4.69) is 15.6 Å². The first-order valence-electron chi connectivity index (χ1n) is 5.24. The highest BCUT2D eigenvalue weighted by Crippen LogP contribution is 2.28. The minimum absolute atomic E-state index is 0.810. The lowest BCUT2D eigenvalue weighted by Crippen LogP contribution is -1.96. The van der Waals surface area contributed by atoms with Gasteiger partial charge in [-0.1, -0.05) is 6.07 Å². The number of fused-ring (bicyclic) bond motifs is 3. The molecular formula is C12H13N3. The molecule has 1 aliphatic rings. The van der Waals surface area contributed by atoms with E-state index in [9.17, 15) is 0 Å². The van der Waals surface area contributed by atoms with Crippen molar-refractivity contribution in [3.63, 3.8) is 0 Å². The summed E-state index contributed by atoms with van der Waals surface area (Å²) in [5.41, 5.74) is 9.18. The second-order valence-corrected chi connectivity index (χ2v) is 3.96. The zero-order valence-electron chi connectivity index (χ0n) is 8.48. The summed E-state index contributed by atoms with van der Waals surface area (Å²) in [6.45, 7) is 1.05. The molecule has 15 heavy (non-hydrogen) atoms. The van der Waals surface area contributed by atoms with Gasteiger partial charge in [-0.05, 0) is 30.5 Å². The summed E-state index contributed by atoms with van der Waals surface area (Å²) in [7, 11) is 0. The van der Waals surface area contributed by atoms with Crippen molar-refractivity contribution >= 4 is 5.69 Å². The first kappa shape index (κ1) is 8.53. The summed E-state index contributed by atoms with van der Waals surface area (Å²) in [5.74, 6) is 1.05. The third kappa shape index (κ3) is 1.31. The van der Waals surface area contributed by atoms with E-state index in [-0.39, 0.29) is 0 Å². The molecule has 3 heteroatoms. The molecule has 2 aromatic rings. The van der Waals surface area contributed by atoms with Crippen LogP contribution in [0.4, 0.5) is 5.69 Å². The van der Waals surface area contributed by atoms with Crippen LogP contribution in [0.2, 0.25) is 0 Å². The topological polar surface area (TPSA) is 43.8 Å². The lowest BCUT2D eigenvalue weighted by atomic mass is 10.0. The second-order valence-electron chi connectivity index (χ2n) is 3.96. The smallest absolute Gasteiger partial charge is 0.140 e. The summed E-state index contributed by atoms with van der Waals surface area (Å²) < 4.78 is 2.20. The predicted octanol–water partition coefficient (Wildman–Crippen LogP) is 2.08. The number of hydrogen-bond acceptors (Lipinski definition) is 2. The van der Waals surface area contributed by atoms with Crippen molar-refractivity contribution in [1.82, 2.24) is 9.55 Å². The van der Waals surface area contributed by atoms with Gasteiger partial charge in [-0.3, -0.25) is 0 Å². The number of hydrogen-bond donors (Lipinski definition) is 1. The molecular weight excluding hydrogens is 186 g/mol. The summed E-state index contributed by atoms with van der Waals surface area (Å²) in [6, 6.07) is 6.12. The summed E-state index contributed by atoms with van der Waals surface area (Å²) in [5, 5.41) is 0. The number of benzene rings is 1. The van der Waals surface area contributed by atoms with Crippen molar-refractivity contribution in [2.45, 2.75) is 19.4 Å². The van der Waals surface area contributed by atoms with E-state index in [0.717, 1.165) is 24.5 Å². The Balaban J connectivity index is 2.27. The van der Waals surface area contributed by atoms with E-state index in [1.54, 1.807) is 0 Å². The van der Waals surface area contributed by atoms with Crippen LogP contribution < -0.4 is 5.73 Å². The third-order valence-corrected chi connectivity index (χ3v) is 2.94. The predicted molar refractivity (Wildman–Crippen MR) is 60.4 cm³/mol. The third-order valence-electron chi connectivity index (χ3n) is 2.94. The summed E-state index contributed by atoms with van der Waals surface area (Å²) in [4.78, 5) is 4.41. The van der Waals surface area contributed by atoms with Crippen LogP contribution >= 0.6 is 0 Å². The van der Waals surface area contributed by atoms with Gasteiger partial charge in [-0.2, -0.15) is 0 Å². The van der Waals surface area contributed by atoms with Crippen LogP contribution in [-0.2, 0) is 13.0 Å². The maximum Gasteiger partial charge on any atom is 0.140 e. The Hall–Kier alpha value is -1.77. The monoisotopic (exact) mass is 199 g/mol. The van der Waals surface area contributed by atoms with Crippen molar-refractivity contribution in [3.05, 3.63) is 36.2 Å². The average molecular weight is 199 g/mol. The van der Waals surface area contributed by atoms with Crippen LogP contribution in [0.5, 0.6) is 0 Å². The minimum atomic E-state index is 0.810. The zero-order chi connectivity index (χ0) is 10.3. The Labute approximate surface area is 88.6 Å². The molecule has 1 aromatic heterocycles. The molecule has 0 saturated heterocycles. The number of nitrogens with zero attached hydrogens (tertiary/aromatic N) is 2. The molecule has 0 radical (unpaired) electrons. The maximum atomic E-state index is 5.82. The fourth-order valence-electron chi connectivity index (χ4n) is 2.19. The fourth-order valence-corrected chi connectivity index (χ4v) is 2.19. The van der Waals surface area contributed by atoms with Gasteiger partial charge in [0.05, 0.1) is 0 Å². The van der Waals surface area contributed by atoms with E-state index >= 15 is 0 Å². The molecule has 0 fully saturated rings. The molecule has 0 unspecified atom stereocenters. The van der Waals surface area contributed by atoms with Gasteiger partial charge in [0.2, 0.25) is 0 Å². The van der Waals surface area contributed by atoms with Gasteiger partial charge in [0.1, 0.15) is 5.82 Å². The Morgan fingerprint density at radius 1 is 1.33 bits per heavy atom. The second kappa shape index (κ2) is 3.12. The Morgan fingerprint density at radius 3 is 3.20 bits per heavy atom. The molecule has 2 N–H and O–H groups in total. The summed E-state index contributed by atoms with van der Waals surface area (Å²) >= 11 is 0. The van der Waals surface area contributed by atoms with Gasteiger partial charge < -0.3 is 10.3 Å². The molecule has 0 spiro atoms. The van der Waals surface area contributed by atoms with Crippen molar-refractivity contribution in [3.8, 4) is 11.4 Å². The van der Waals surface area contributed by atoms with Crippen molar-refractivity contribution in [1.29, 1.82) is 0 Å². The van der Waals surface area contributed by atoms with E-state index in [1.807, 2.05) is 24.5 Å². The SMILES string of the molecule is Nc1ccc2c(c1)-c1nccn1CCC2. The maximum absolute atomic E-state index is 5.82. The fraction of sp³-hybridized carbons (Fsp3) is 0.250.